The third-order valence-electron chi connectivity index (χ3n) is 4.39. The molecule has 1 unspecified atom stereocenters. The van der Waals surface area contributed by atoms with Gasteiger partial charge in [-0.1, -0.05) is 41.4 Å². The molecule has 0 fully saturated rings. The predicted molar refractivity (Wildman–Crippen MR) is 112 cm³/mol. The molecule has 1 amide bonds. The molecule has 8 heteroatoms. The number of nitrogens with one attached hydrogen (secondary N) is 2. The van der Waals surface area contributed by atoms with E-state index in [1.807, 2.05) is 24.3 Å². The fourth-order valence-corrected chi connectivity index (χ4v) is 3.51. The van der Waals surface area contributed by atoms with E-state index in [0.717, 1.165) is 10.9 Å². The second-order valence-electron chi connectivity index (χ2n) is 6.47. The molecule has 0 saturated heterocycles. The summed E-state index contributed by atoms with van der Waals surface area (Å²) < 4.78 is 5.20. The lowest BCUT2D eigenvalue weighted by molar-refractivity contribution is -0.145. The Morgan fingerprint density at radius 1 is 1.14 bits per heavy atom. The van der Waals surface area contributed by atoms with Crippen molar-refractivity contribution >= 4 is 51.8 Å². The van der Waals surface area contributed by atoms with Crippen molar-refractivity contribution < 1.29 is 19.1 Å². The molecule has 0 aliphatic rings. The lowest BCUT2D eigenvalue weighted by Gasteiger charge is -2.13. The number of Topliss-reactive ketones (excluding diaryl/α,β-unsaturated/α-hetero) is 1. The molecule has 150 valence electrons. The molecule has 1 heterocycles. The van der Waals surface area contributed by atoms with Gasteiger partial charge in [0, 0.05) is 27.2 Å². The molecule has 0 bridgehead atoms. The molecule has 3 aromatic rings. The van der Waals surface area contributed by atoms with E-state index in [4.69, 9.17) is 27.9 Å². The quantitative estimate of drug-likeness (QED) is 0.448. The topological polar surface area (TPSA) is 88.3 Å². The molecule has 1 aromatic heterocycles. The number of aromatic nitrogens is 1. The Morgan fingerprint density at radius 2 is 1.86 bits per heavy atom. The molecule has 0 saturated carbocycles. The van der Waals surface area contributed by atoms with Crippen LogP contribution in [-0.2, 0) is 9.53 Å². The monoisotopic (exact) mass is 432 g/mol. The van der Waals surface area contributed by atoms with E-state index in [1.54, 1.807) is 6.92 Å². The van der Waals surface area contributed by atoms with Crippen LogP contribution in [0.15, 0.2) is 42.5 Å². The molecule has 1 atom stereocenters. The van der Waals surface area contributed by atoms with Crippen LogP contribution in [0.1, 0.15) is 33.3 Å². The van der Waals surface area contributed by atoms with Gasteiger partial charge in [-0.2, -0.15) is 0 Å². The van der Waals surface area contributed by atoms with Crippen LogP contribution >= 0.6 is 23.2 Å². The summed E-state index contributed by atoms with van der Waals surface area (Å²) in [6.45, 7) is 2.89. The Balaban J connectivity index is 1.62. The van der Waals surface area contributed by atoms with Crippen LogP contribution in [0.3, 0.4) is 0 Å². The van der Waals surface area contributed by atoms with Gasteiger partial charge in [0.2, 0.25) is 5.78 Å². The van der Waals surface area contributed by atoms with Crippen LogP contribution in [0.5, 0.6) is 0 Å². The summed E-state index contributed by atoms with van der Waals surface area (Å²) in [6.07, 6.45) is -1.00. The number of aromatic amines is 1. The van der Waals surface area contributed by atoms with E-state index < -0.39 is 24.5 Å². The normalized spacial score (nSPS) is 11.9. The second-order valence-corrected chi connectivity index (χ2v) is 7.32. The summed E-state index contributed by atoms with van der Waals surface area (Å²) >= 11 is 11.8. The number of hydrogen-bond donors (Lipinski definition) is 2. The SMILES string of the molecule is Cc1[nH]c2ccccc2c1C(=O)C(C)OC(=O)CNC(=O)c1ccc(Cl)cc1Cl. The third-order valence-corrected chi connectivity index (χ3v) is 4.93. The highest BCUT2D eigenvalue weighted by atomic mass is 35.5. The van der Waals surface area contributed by atoms with Crippen molar-refractivity contribution in [1.82, 2.24) is 10.3 Å². The number of esters is 1. The molecule has 0 aliphatic carbocycles. The van der Waals surface area contributed by atoms with Crippen LogP contribution in [-0.4, -0.2) is 35.3 Å². The van der Waals surface area contributed by atoms with Crippen molar-refractivity contribution in [1.29, 1.82) is 0 Å². The van der Waals surface area contributed by atoms with Crippen molar-refractivity contribution in [2.24, 2.45) is 0 Å². The molecule has 2 N–H and O–H groups in total. The number of halogens is 2. The van der Waals surface area contributed by atoms with Gasteiger partial charge in [-0.05, 0) is 38.1 Å². The highest BCUT2D eigenvalue weighted by molar-refractivity contribution is 6.36. The number of amides is 1. The Morgan fingerprint density at radius 3 is 2.59 bits per heavy atom. The van der Waals surface area contributed by atoms with Gasteiger partial charge in [0.1, 0.15) is 6.54 Å². The van der Waals surface area contributed by atoms with E-state index in [2.05, 4.69) is 10.3 Å². The van der Waals surface area contributed by atoms with Gasteiger partial charge >= 0.3 is 5.97 Å². The van der Waals surface area contributed by atoms with Crippen LogP contribution in [0, 0.1) is 6.92 Å². The van der Waals surface area contributed by atoms with Gasteiger partial charge in [-0.15, -0.1) is 0 Å². The number of fused-ring (bicyclic) bond motifs is 1. The minimum Gasteiger partial charge on any atom is -0.453 e. The van der Waals surface area contributed by atoms with Crippen LogP contribution < -0.4 is 5.32 Å². The molecular weight excluding hydrogens is 415 g/mol. The lowest BCUT2D eigenvalue weighted by Crippen LogP contribution is -2.34. The van der Waals surface area contributed by atoms with E-state index >= 15 is 0 Å². The molecular formula is C21H18Cl2N2O4. The van der Waals surface area contributed by atoms with E-state index in [9.17, 15) is 14.4 Å². The lowest BCUT2D eigenvalue weighted by atomic mass is 10.0. The van der Waals surface area contributed by atoms with Crippen molar-refractivity contribution in [2.45, 2.75) is 20.0 Å². The standard InChI is InChI=1S/C21H18Cl2N2O4/c1-11-19(15-5-3-4-6-17(15)25-11)20(27)12(2)29-18(26)10-24-21(28)14-8-7-13(22)9-16(14)23/h3-9,12,25H,10H2,1-2H3,(H,24,28). The largest absolute Gasteiger partial charge is 0.453 e. The Kier molecular flexibility index (Phi) is 6.25. The van der Waals surface area contributed by atoms with E-state index in [1.165, 1.54) is 25.1 Å². The van der Waals surface area contributed by atoms with Crippen LogP contribution in [0.2, 0.25) is 10.0 Å². The first-order valence-corrected chi connectivity index (χ1v) is 9.57. The summed E-state index contributed by atoms with van der Waals surface area (Å²) in [5.74, 6) is -1.60. The van der Waals surface area contributed by atoms with Crippen LogP contribution in [0.25, 0.3) is 10.9 Å². The fourth-order valence-electron chi connectivity index (χ4n) is 3.01. The number of rotatable bonds is 6. The number of benzene rings is 2. The summed E-state index contributed by atoms with van der Waals surface area (Å²) in [6, 6.07) is 11.8. The maximum absolute atomic E-state index is 12.8. The highest BCUT2D eigenvalue weighted by Crippen LogP contribution is 2.24. The van der Waals surface area contributed by atoms with Crippen LogP contribution in [0.4, 0.5) is 0 Å². The number of carbonyl (C=O) groups is 3. The van der Waals surface area contributed by atoms with Crippen molar-refractivity contribution in [3.8, 4) is 0 Å². The Labute approximate surface area is 177 Å². The molecule has 0 aliphatic heterocycles. The molecule has 3 rings (SSSR count). The average Bonchev–Trinajstić information content (AvgIpc) is 3.01. The number of H-pyrrole nitrogens is 1. The zero-order chi connectivity index (χ0) is 21.1. The number of hydrogen-bond acceptors (Lipinski definition) is 4. The van der Waals surface area contributed by atoms with Gasteiger partial charge in [0.15, 0.2) is 6.10 Å². The zero-order valence-corrected chi connectivity index (χ0v) is 17.2. The Bertz CT molecular complexity index is 1110. The highest BCUT2D eigenvalue weighted by Gasteiger charge is 2.24. The van der Waals surface area contributed by atoms with Crippen molar-refractivity contribution in [2.75, 3.05) is 6.54 Å². The molecule has 29 heavy (non-hydrogen) atoms. The van der Waals surface area contributed by atoms with Gasteiger partial charge in [0.25, 0.3) is 5.91 Å². The summed E-state index contributed by atoms with van der Waals surface area (Å²) in [5, 5.41) is 3.75. The first-order chi connectivity index (χ1) is 13.8. The number of para-hydroxylation sites is 1. The van der Waals surface area contributed by atoms with Gasteiger partial charge in [-0.25, -0.2) is 0 Å². The summed E-state index contributed by atoms with van der Waals surface area (Å²) in [5.41, 5.74) is 2.20. The number of aryl methyl sites for hydroxylation is 1. The number of ether oxygens (including phenoxy) is 1. The Hall–Kier alpha value is -2.83. The first kappa shape index (κ1) is 20.9. The van der Waals surface area contributed by atoms with Gasteiger partial charge in [0.05, 0.1) is 10.6 Å². The van der Waals surface area contributed by atoms with Crippen molar-refractivity contribution in [3.63, 3.8) is 0 Å². The van der Waals surface area contributed by atoms with E-state index in [-0.39, 0.29) is 16.4 Å². The second kappa shape index (κ2) is 8.68. The maximum atomic E-state index is 12.8. The minimum atomic E-state index is -1.00. The van der Waals surface area contributed by atoms with Gasteiger partial charge in [-0.3, -0.25) is 14.4 Å². The van der Waals surface area contributed by atoms with Crippen molar-refractivity contribution in [3.05, 3.63) is 69.3 Å². The van der Waals surface area contributed by atoms with E-state index in [0.29, 0.717) is 16.3 Å². The number of carbonyl (C=O) groups excluding carboxylic acids is 3. The molecule has 0 spiro atoms. The minimum absolute atomic E-state index is 0.168. The third kappa shape index (κ3) is 4.60. The average molecular weight is 433 g/mol. The molecule has 2 aromatic carbocycles. The predicted octanol–water partition coefficient (Wildman–Crippen LogP) is 4.33. The smallest absolute Gasteiger partial charge is 0.326 e. The summed E-state index contributed by atoms with van der Waals surface area (Å²) in [7, 11) is 0. The number of ketones is 1. The molecule has 0 radical (unpaired) electrons. The fraction of sp³-hybridized carbons (Fsp3) is 0.190. The zero-order valence-electron chi connectivity index (χ0n) is 15.7. The van der Waals surface area contributed by atoms with Gasteiger partial charge < -0.3 is 15.0 Å². The maximum Gasteiger partial charge on any atom is 0.326 e. The summed E-state index contributed by atoms with van der Waals surface area (Å²) in [4.78, 5) is 40.2. The first-order valence-electron chi connectivity index (χ1n) is 8.82. The molecule has 6 nitrogen and oxygen atoms in total.